The van der Waals surface area contributed by atoms with E-state index >= 15 is 0 Å². The summed E-state index contributed by atoms with van der Waals surface area (Å²) in [7, 11) is 0. The predicted molar refractivity (Wildman–Crippen MR) is 426 cm³/mol. The number of piperidine rings is 2. The first-order valence-electron chi connectivity index (χ1n) is 35.0. The molecule has 2 fully saturated rings. The molecule has 0 aliphatic carbocycles. The standard InChI is InChI=1S/C19H21BrN6O3.C18H19BrN6O3.2C17H19BrN6O3/c20-15-12-22-26-17(24-19(28)29-14-5-3-7-21-11-14)10-16(23-18(15)26)25-8-2-1-4-13(25)6-9-27;19-14-10-21-25-16(23-18(27)28-13-5-3-6-20-9-13)8-15(22-17(14)25)24-7-2-1-4-12(24)11-26;2*1-10(2)13(9-25)21-14-6-15(24-16(22-14)12(18)8-20-24)23-17(26)27-11-4-3-5-19-7-11/h3,5,7,10-13,27H,1-2,4,6,8-9H2,(H,24,28);3,5-6,8-10,12,26H,1-2,4,7,11H2,(H,23,27);2*3-8,10,13,25H,9H2,1-2H3,(H,21,22)(H,23,26)/t;;2*13-/m..10/s1. The van der Waals surface area contributed by atoms with Gasteiger partial charge in [-0.1, -0.05) is 27.7 Å². The lowest BCUT2D eigenvalue weighted by atomic mass is 10.00. The van der Waals surface area contributed by atoms with Gasteiger partial charge in [0.2, 0.25) is 0 Å². The highest BCUT2D eigenvalue weighted by Gasteiger charge is 2.29. The van der Waals surface area contributed by atoms with Gasteiger partial charge in [-0.25, -0.2) is 39.1 Å². The molecule has 0 spiro atoms. The average molecular weight is 1780 g/mol. The van der Waals surface area contributed by atoms with Crippen molar-refractivity contribution in [1.82, 2.24) is 78.3 Å². The molecule has 14 heterocycles. The molecule has 0 saturated carbocycles. The van der Waals surface area contributed by atoms with Crippen molar-refractivity contribution in [2.24, 2.45) is 11.8 Å². The van der Waals surface area contributed by atoms with Crippen molar-refractivity contribution in [1.29, 1.82) is 0 Å². The van der Waals surface area contributed by atoms with E-state index in [4.69, 9.17) is 23.9 Å². The lowest BCUT2D eigenvalue weighted by Gasteiger charge is -2.36. The maximum absolute atomic E-state index is 12.4. The first-order chi connectivity index (χ1) is 53.8. The zero-order chi connectivity index (χ0) is 78.5. The summed E-state index contributed by atoms with van der Waals surface area (Å²) in [6.45, 7) is 9.70. The summed E-state index contributed by atoms with van der Waals surface area (Å²) < 4.78 is 29.7. The third-order valence-corrected chi connectivity index (χ3v) is 19.4. The maximum atomic E-state index is 12.4. The second kappa shape index (κ2) is 39.2. The summed E-state index contributed by atoms with van der Waals surface area (Å²) in [5, 5.41) is 72.4. The average Bonchev–Trinajstić information content (AvgIpc) is 1.72. The number of hydrogen-bond acceptors (Lipinski definition) is 28. The van der Waals surface area contributed by atoms with Crippen molar-refractivity contribution >= 4 is 157 Å². The minimum Gasteiger partial charge on any atom is -0.408 e. The number of carbonyl (C=O) groups is 4. The SMILES string of the molecule is CC(C)[C@@H](CO)Nc1cc(NC(=O)Oc2cccnc2)n2ncc(Br)c2n1.CC(C)[C@H](CO)Nc1cc(NC(=O)Oc2cccnc2)n2ncc(Br)c2n1.O=C(Nc1cc(N2CCCCC2CCO)nc2c(Br)cnn12)Oc1cccnc1.O=C(Nc1cc(N2CCCCC2CO)nc2c(Br)cnn12)Oc1cccnc1. The molecular formula is C71H78Br4N24O12. The number of fused-ring (bicyclic) bond motifs is 4. The molecule has 0 radical (unpaired) electrons. The van der Waals surface area contributed by atoms with E-state index in [1.54, 1.807) is 127 Å². The topological polar surface area (TPSA) is 437 Å². The first-order valence-corrected chi connectivity index (χ1v) is 38.2. The number of nitrogens with zero attached hydrogens (tertiary/aromatic N) is 18. The molecule has 0 aromatic carbocycles. The minimum absolute atomic E-state index is 0.000548. The van der Waals surface area contributed by atoms with Gasteiger partial charge in [0.15, 0.2) is 45.6 Å². The Kier molecular flexibility index (Phi) is 28.6. The molecule has 582 valence electrons. The van der Waals surface area contributed by atoms with Gasteiger partial charge in [-0.15, -0.1) is 0 Å². The Morgan fingerprint density at radius 2 is 0.757 bits per heavy atom. The molecule has 10 N–H and O–H groups in total. The van der Waals surface area contributed by atoms with Crippen molar-refractivity contribution in [3.8, 4) is 23.0 Å². The van der Waals surface area contributed by atoms with Crippen LogP contribution in [0.3, 0.4) is 0 Å². The fraction of sp³-hybridized carbons (Fsp3) is 0.324. The van der Waals surface area contributed by atoms with E-state index in [1.807, 2.05) is 27.7 Å². The van der Waals surface area contributed by atoms with Gasteiger partial charge in [-0.2, -0.15) is 38.5 Å². The summed E-state index contributed by atoms with van der Waals surface area (Å²) in [5.74, 6) is 5.67. The molecule has 111 heavy (non-hydrogen) atoms. The molecule has 2 saturated heterocycles. The number of nitrogens with one attached hydrogen (secondary N) is 6. The molecule has 12 aromatic rings. The number of aliphatic hydroxyl groups excluding tert-OH is 4. The summed E-state index contributed by atoms with van der Waals surface area (Å²) in [5.41, 5.74) is 2.18. The van der Waals surface area contributed by atoms with Crippen LogP contribution in [-0.4, -0.2) is 187 Å². The third kappa shape index (κ3) is 21.6. The van der Waals surface area contributed by atoms with Crippen molar-refractivity contribution in [2.75, 3.05) is 81.2 Å². The van der Waals surface area contributed by atoms with Crippen molar-refractivity contribution in [3.63, 3.8) is 0 Å². The van der Waals surface area contributed by atoms with Crippen LogP contribution in [0.2, 0.25) is 0 Å². The lowest BCUT2D eigenvalue weighted by molar-refractivity contribution is 0.214. The van der Waals surface area contributed by atoms with Gasteiger partial charge in [0.1, 0.15) is 46.5 Å². The minimum atomic E-state index is -0.685. The van der Waals surface area contributed by atoms with Crippen LogP contribution < -0.4 is 60.6 Å². The normalized spacial score (nSPS) is 14.6. The van der Waals surface area contributed by atoms with Gasteiger partial charge in [-0.05, 0) is 169 Å². The Morgan fingerprint density at radius 1 is 0.441 bits per heavy atom. The number of anilines is 8. The second-order valence-corrected chi connectivity index (χ2v) is 28.9. The van der Waals surface area contributed by atoms with E-state index in [-0.39, 0.29) is 62.4 Å². The zero-order valence-electron chi connectivity index (χ0n) is 60.1. The van der Waals surface area contributed by atoms with E-state index in [1.165, 1.54) is 38.3 Å². The fourth-order valence-corrected chi connectivity index (χ4v) is 13.0. The Morgan fingerprint density at radius 3 is 1.05 bits per heavy atom. The number of carbonyl (C=O) groups excluding carboxylic acids is 4. The number of aliphatic hydroxyl groups is 4. The van der Waals surface area contributed by atoms with E-state index in [0.717, 1.165) is 61.9 Å². The zero-order valence-corrected chi connectivity index (χ0v) is 66.5. The predicted octanol–water partition coefficient (Wildman–Crippen LogP) is 11.9. The van der Waals surface area contributed by atoms with Crippen molar-refractivity contribution < 1.29 is 58.6 Å². The van der Waals surface area contributed by atoms with Gasteiger partial charge in [-0.3, -0.25) is 41.2 Å². The molecule has 4 amide bonds. The molecule has 2 aliphatic rings. The Hall–Kier alpha value is -10.9. The summed E-state index contributed by atoms with van der Waals surface area (Å²) >= 11 is 13.7. The number of rotatable bonds is 21. The summed E-state index contributed by atoms with van der Waals surface area (Å²) in [6, 6.07) is 19.9. The molecule has 40 heteroatoms. The van der Waals surface area contributed by atoms with E-state index in [0.29, 0.717) is 106 Å². The Labute approximate surface area is 667 Å². The summed E-state index contributed by atoms with van der Waals surface area (Å²) in [4.78, 5) is 87.5. The molecule has 36 nitrogen and oxygen atoms in total. The monoisotopic (exact) mass is 1770 g/mol. The molecule has 2 unspecified atom stereocenters. The molecular weight excluding hydrogens is 1700 g/mol. The number of halogens is 4. The third-order valence-electron chi connectivity index (χ3n) is 17.2. The van der Waals surface area contributed by atoms with Gasteiger partial charge in [0.25, 0.3) is 0 Å². The molecule has 14 rings (SSSR count). The summed E-state index contributed by atoms with van der Waals surface area (Å²) in [6.07, 6.45) is 22.8. The molecule has 4 atom stereocenters. The van der Waals surface area contributed by atoms with E-state index < -0.39 is 24.4 Å². The van der Waals surface area contributed by atoms with Gasteiger partial charge in [0.05, 0.1) is 105 Å². The van der Waals surface area contributed by atoms with Crippen LogP contribution >= 0.6 is 63.7 Å². The van der Waals surface area contributed by atoms with Crippen LogP contribution in [0.5, 0.6) is 23.0 Å². The quantitative estimate of drug-likeness (QED) is 0.0319. The number of aromatic nitrogens is 16. The van der Waals surface area contributed by atoms with Crippen molar-refractivity contribution in [2.45, 2.75) is 96.8 Å². The Balaban J connectivity index is 0.000000147. The van der Waals surface area contributed by atoms with Crippen LogP contribution in [0.25, 0.3) is 22.6 Å². The second-order valence-electron chi connectivity index (χ2n) is 25.5. The molecule has 0 bridgehead atoms. The number of amides is 4. The van der Waals surface area contributed by atoms with Crippen molar-refractivity contribution in [3.05, 3.63) is 165 Å². The van der Waals surface area contributed by atoms with Gasteiger partial charge >= 0.3 is 24.4 Å². The number of ether oxygens (including phenoxy) is 4. The highest BCUT2D eigenvalue weighted by atomic mass is 79.9. The molecule has 12 aromatic heterocycles. The smallest absolute Gasteiger partial charge is 0.408 e. The van der Waals surface area contributed by atoms with Crippen LogP contribution in [0.4, 0.5) is 65.7 Å². The fourth-order valence-electron chi connectivity index (χ4n) is 11.6. The highest BCUT2D eigenvalue weighted by Crippen LogP contribution is 2.33. The first kappa shape index (κ1) is 81.1. The van der Waals surface area contributed by atoms with Gasteiger partial charge in [0, 0.05) is 74.8 Å². The largest absolute Gasteiger partial charge is 0.418 e. The maximum Gasteiger partial charge on any atom is 0.418 e. The van der Waals surface area contributed by atoms with Crippen LogP contribution in [-0.2, 0) is 0 Å². The van der Waals surface area contributed by atoms with Crippen LogP contribution in [0.15, 0.2) is 165 Å². The highest BCUT2D eigenvalue weighted by molar-refractivity contribution is 9.11. The lowest BCUT2D eigenvalue weighted by Crippen LogP contribution is -2.42. The number of hydrogen-bond donors (Lipinski definition) is 10. The van der Waals surface area contributed by atoms with Gasteiger partial charge < -0.3 is 59.8 Å². The number of pyridine rings is 4. The van der Waals surface area contributed by atoms with E-state index in [9.17, 15) is 39.6 Å². The van der Waals surface area contributed by atoms with Crippen LogP contribution in [0.1, 0.15) is 72.6 Å². The Bertz CT molecular complexity index is 4940. The molecule has 2 aliphatic heterocycles. The van der Waals surface area contributed by atoms with E-state index in [2.05, 4.69) is 161 Å². The van der Waals surface area contributed by atoms with Crippen LogP contribution in [0, 0.1) is 11.8 Å².